The van der Waals surface area contributed by atoms with Gasteiger partial charge in [-0.25, -0.2) is 0 Å². The van der Waals surface area contributed by atoms with Crippen LogP contribution in [0.2, 0.25) is 0 Å². The molecule has 1 aliphatic rings. The van der Waals surface area contributed by atoms with Crippen molar-refractivity contribution in [2.24, 2.45) is 0 Å². The minimum atomic E-state index is -1.53. The van der Waals surface area contributed by atoms with Crippen molar-refractivity contribution in [2.45, 2.75) is 250 Å². The summed E-state index contributed by atoms with van der Waals surface area (Å²) in [5.74, 6) is -0.316. The van der Waals surface area contributed by atoms with Crippen LogP contribution in [0.5, 0.6) is 0 Å². The fraction of sp³-hybridized carbons (Fsp3) is 0.896. The Morgan fingerprint density at radius 1 is 0.561 bits per heavy atom. The fourth-order valence-corrected chi connectivity index (χ4v) is 7.35. The molecule has 1 heterocycles. The third kappa shape index (κ3) is 31.2. The molecule has 6 unspecified atom stereocenters. The normalized spacial score (nSPS) is 20.6. The number of ether oxygens (including phenoxy) is 4. The van der Waals surface area contributed by atoms with Crippen LogP contribution in [0.4, 0.5) is 0 Å². The van der Waals surface area contributed by atoms with Crippen molar-refractivity contribution in [3.05, 3.63) is 24.3 Å². The summed E-state index contributed by atoms with van der Waals surface area (Å²) < 4.78 is 22.8. The topological polar surface area (TPSA) is 135 Å². The maximum atomic E-state index is 12.7. The van der Waals surface area contributed by atoms with Crippen molar-refractivity contribution < 1.29 is 44.2 Å². The summed E-state index contributed by atoms with van der Waals surface area (Å²) in [6, 6.07) is 0. The summed E-state index contributed by atoms with van der Waals surface area (Å²) in [6.45, 7) is 4.53. The molecule has 0 radical (unpaired) electrons. The van der Waals surface area contributed by atoms with Crippen LogP contribution in [-0.2, 0) is 23.7 Å². The fourth-order valence-electron chi connectivity index (χ4n) is 7.35. The summed E-state index contributed by atoms with van der Waals surface area (Å²) in [5.41, 5.74) is 0. The van der Waals surface area contributed by atoms with Gasteiger partial charge in [-0.2, -0.15) is 0 Å². The maximum absolute atomic E-state index is 12.7. The van der Waals surface area contributed by atoms with Crippen LogP contribution in [0.3, 0.4) is 0 Å². The highest BCUT2D eigenvalue weighted by atomic mass is 16.7. The first-order valence-corrected chi connectivity index (χ1v) is 23.9. The van der Waals surface area contributed by atoms with Crippen molar-refractivity contribution in [2.75, 3.05) is 26.4 Å². The van der Waals surface area contributed by atoms with E-state index in [2.05, 4.69) is 38.2 Å². The molecule has 0 aromatic rings. The summed E-state index contributed by atoms with van der Waals surface area (Å²) >= 11 is 0. The largest absolute Gasteiger partial charge is 0.457 e. The van der Waals surface area contributed by atoms with Crippen LogP contribution in [0.1, 0.15) is 213 Å². The van der Waals surface area contributed by atoms with Crippen molar-refractivity contribution in [3.8, 4) is 0 Å². The lowest BCUT2D eigenvalue weighted by atomic mass is 9.99. The van der Waals surface area contributed by atoms with Crippen molar-refractivity contribution in [1.29, 1.82) is 0 Å². The number of rotatable bonds is 41. The van der Waals surface area contributed by atoms with Gasteiger partial charge in [0.1, 0.15) is 30.5 Å². The molecule has 0 aromatic heterocycles. The number of carbonyl (C=O) groups excluding carboxylic acids is 1. The van der Waals surface area contributed by atoms with Gasteiger partial charge < -0.3 is 39.4 Å². The first-order chi connectivity index (χ1) is 27.9. The molecule has 1 fully saturated rings. The second-order valence-electron chi connectivity index (χ2n) is 16.6. The van der Waals surface area contributed by atoms with Gasteiger partial charge in [-0.05, 0) is 44.9 Å². The van der Waals surface area contributed by atoms with Crippen LogP contribution in [0, 0.1) is 0 Å². The first-order valence-electron chi connectivity index (χ1n) is 23.9. The Hall–Kier alpha value is -1.33. The number of hydrogen-bond acceptors (Lipinski definition) is 9. The SMILES string of the molecule is CCCCCCC/C=C\C/C=C\CCCCCCCCCCCCCCCCOCC(COC1OC(CO)C(O)C(O)C1O)OC(=O)CCCCCCCCCC. The number of aliphatic hydroxyl groups is 4. The summed E-state index contributed by atoms with van der Waals surface area (Å²) in [6.07, 6.45) is 39.5. The molecule has 0 saturated carbocycles. The lowest BCUT2D eigenvalue weighted by Gasteiger charge is -2.39. The van der Waals surface area contributed by atoms with E-state index in [1.54, 1.807) is 0 Å². The van der Waals surface area contributed by atoms with Gasteiger partial charge in [0.15, 0.2) is 6.29 Å². The number of carbonyl (C=O) groups is 1. The molecule has 9 heteroatoms. The number of aliphatic hydroxyl groups excluding tert-OH is 4. The van der Waals surface area contributed by atoms with Crippen LogP contribution >= 0.6 is 0 Å². The van der Waals surface area contributed by atoms with Gasteiger partial charge >= 0.3 is 5.97 Å². The summed E-state index contributed by atoms with van der Waals surface area (Å²) in [7, 11) is 0. The molecule has 0 amide bonds. The quantitative estimate of drug-likeness (QED) is 0.0270. The number of unbranched alkanes of at least 4 members (excludes halogenated alkanes) is 26. The lowest BCUT2D eigenvalue weighted by molar-refractivity contribution is -0.305. The molecule has 336 valence electrons. The second kappa shape index (κ2) is 40.1. The minimum Gasteiger partial charge on any atom is -0.457 e. The van der Waals surface area contributed by atoms with Crippen LogP contribution in [0.25, 0.3) is 0 Å². The second-order valence-corrected chi connectivity index (χ2v) is 16.6. The molecule has 0 aliphatic carbocycles. The van der Waals surface area contributed by atoms with Crippen molar-refractivity contribution in [1.82, 2.24) is 0 Å². The highest BCUT2D eigenvalue weighted by Gasteiger charge is 2.44. The van der Waals surface area contributed by atoms with E-state index < -0.39 is 43.4 Å². The van der Waals surface area contributed by atoms with E-state index in [-0.39, 0.29) is 19.2 Å². The molecule has 57 heavy (non-hydrogen) atoms. The molecule has 0 bridgehead atoms. The molecule has 0 spiro atoms. The zero-order valence-electron chi connectivity index (χ0n) is 36.9. The zero-order valence-corrected chi connectivity index (χ0v) is 36.9. The summed E-state index contributed by atoms with van der Waals surface area (Å²) in [4.78, 5) is 12.7. The first kappa shape index (κ1) is 53.7. The highest BCUT2D eigenvalue weighted by molar-refractivity contribution is 5.69. The van der Waals surface area contributed by atoms with Crippen molar-refractivity contribution >= 4 is 5.97 Å². The van der Waals surface area contributed by atoms with E-state index >= 15 is 0 Å². The van der Waals surface area contributed by atoms with Gasteiger partial charge in [-0.3, -0.25) is 4.79 Å². The van der Waals surface area contributed by atoms with Gasteiger partial charge in [0.25, 0.3) is 0 Å². The van der Waals surface area contributed by atoms with E-state index in [0.717, 1.165) is 38.5 Å². The Bertz CT molecular complexity index is 926. The van der Waals surface area contributed by atoms with Crippen LogP contribution < -0.4 is 0 Å². The van der Waals surface area contributed by atoms with Crippen molar-refractivity contribution in [3.63, 3.8) is 0 Å². The highest BCUT2D eigenvalue weighted by Crippen LogP contribution is 2.23. The number of esters is 1. The lowest BCUT2D eigenvalue weighted by Crippen LogP contribution is -2.59. The molecular formula is C48H90O9. The molecular weight excluding hydrogens is 721 g/mol. The van der Waals surface area contributed by atoms with E-state index in [9.17, 15) is 25.2 Å². The van der Waals surface area contributed by atoms with Gasteiger partial charge in [0.2, 0.25) is 0 Å². The Kier molecular flexibility index (Phi) is 37.8. The monoisotopic (exact) mass is 811 g/mol. The predicted octanol–water partition coefficient (Wildman–Crippen LogP) is 11.0. The Morgan fingerprint density at radius 3 is 1.51 bits per heavy atom. The van der Waals surface area contributed by atoms with Gasteiger partial charge in [-0.1, -0.05) is 186 Å². The van der Waals surface area contributed by atoms with Crippen LogP contribution in [-0.4, -0.2) is 89.6 Å². The molecule has 6 atom stereocenters. The van der Waals surface area contributed by atoms with Gasteiger partial charge in [-0.15, -0.1) is 0 Å². The average Bonchev–Trinajstić information content (AvgIpc) is 3.21. The molecule has 1 aliphatic heterocycles. The average molecular weight is 811 g/mol. The van der Waals surface area contributed by atoms with Gasteiger partial charge in [0, 0.05) is 13.0 Å². The Morgan fingerprint density at radius 2 is 1.02 bits per heavy atom. The molecule has 0 aromatic carbocycles. The van der Waals surface area contributed by atoms with E-state index in [4.69, 9.17) is 18.9 Å². The Balaban J connectivity index is 2.10. The Labute approximate surface area is 349 Å². The number of hydrogen-bond donors (Lipinski definition) is 4. The van der Waals surface area contributed by atoms with Gasteiger partial charge in [0.05, 0.1) is 19.8 Å². The third-order valence-corrected chi connectivity index (χ3v) is 11.1. The maximum Gasteiger partial charge on any atom is 0.306 e. The van der Waals surface area contributed by atoms with E-state index in [1.807, 2.05) is 0 Å². The molecule has 1 rings (SSSR count). The smallest absolute Gasteiger partial charge is 0.306 e. The standard InChI is InChI=1S/C48H90O9/c1-3-5-7-9-11-13-14-15-16-17-18-19-20-21-22-23-24-25-26-27-28-29-30-32-34-36-38-54-40-42(56-44(50)37-35-33-31-12-10-8-6-4-2)41-55-48-47(53)46(52)45(51)43(39-49)57-48/h14-15,17-18,42-43,45-49,51-53H,3-13,16,19-41H2,1-2H3/b15-14-,18-17-. The molecule has 1 saturated heterocycles. The predicted molar refractivity (Wildman–Crippen MR) is 233 cm³/mol. The van der Waals surface area contributed by atoms with E-state index in [1.165, 1.54) is 154 Å². The molecule has 9 nitrogen and oxygen atoms in total. The summed E-state index contributed by atoms with van der Waals surface area (Å²) in [5, 5.41) is 40.0. The zero-order chi connectivity index (χ0) is 41.4. The molecule has 4 N–H and O–H groups in total. The van der Waals surface area contributed by atoms with E-state index in [0.29, 0.717) is 13.0 Å². The number of allylic oxidation sites excluding steroid dienone is 4. The third-order valence-electron chi connectivity index (χ3n) is 11.1. The van der Waals surface area contributed by atoms with Crippen LogP contribution in [0.15, 0.2) is 24.3 Å². The minimum absolute atomic E-state index is 0.110.